The topological polar surface area (TPSA) is 66.8 Å². The largest absolute Gasteiger partial charge is 0.524 e. The van der Waals surface area contributed by atoms with Crippen LogP contribution in [0.4, 0.5) is 0 Å². The standard InChI is InChI=1S/C22H39O4P/c1-5-9-11-18(7-3)15-20-13-14-22(26-27(23,24)25)21(17-20)16-19(8-4)12-10-6-2/h13-14,17-19H,5-12,15-16H2,1-4H3,(H2,23,24,25). The van der Waals surface area contributed by atoms with Crippen molar-refractivity contribution in [2.24, 2.45) is 11.8 Å². The minimum absolute atomic E-state index is 0.337. The highest BCUT2D eigenvalue weighted by Crippen LogP contribution is 2.40. The highest BCUT2D eigenvalue weighted by molar-refractivity contribution is 7.46. The van der Waals surface area contributed by atoms with Crippen LogP contribution in [0.1, 0.15) is 90.2 Å². The number of benzene rings is 1. The molecule has 1 aromatic carbocycles. The van der Waals surface area contributed by atoms with Crippen molar-refractivity contribution in [3.05, 3.63) is 29.3 Å². The van der Waals surface area contributed by atoms with E-state index in [-0.39, 0.29) is 0 Å². The van der Waals surface area contributed by atoms with Gasteiger partial charge in [-0.05, 0) is 41.9 Å². The van der Waals surface area contributed by atoms with E-state index in [4.69, 9.17) is 4.52 Å². The van der Waals surface area contributed by atoms with Crippen LogP contribution in [0.3, 0.4) is 0 Å². The summed E-state index contributed by atoms with van der Waals surface area (Å²) in [5.41, 5.74) is 2.18. The minimum atomic E-state index is -4.55. The van der Waals surface area contributed by atoms with Gasteiger partial charge in [-0.25, -0.2) is 4.57 Å². The van der Waals surface area contributed by atoms with E-state index in [9.17, 15) is 14.4 Å². The van der Waals surface area contributed by atoms with E-state index >= 15 is 0 Å². The molecule has 4 nitrogen and oxygen atoms in total. The number of hydrogen-bond donors (Lipinski definition) is 2. The third-order valence-electron chi connectivity index (χ3n) is 5.46. The Labute approximate surface area is 166 Å². The molecule has 0 amide bonds. The Morgan fingerprint density at radius 1 is 0.926 bits per heavy atom. The maximum Gasteiger partial charge on any atom is 0.524 e. The summed E-state index contributed by atoms with van der Waals surface area (Å²) in [6.07, 6.45) is 11.2. The molecule has 0 fully saturated rings. The predicted molar refractivity (Wildman–Crippen MR) is 113 cm³/mol. The van der Waals surface area contributed by atoms with Gasteiger partial charge in [0.15, 0.2) is 0 Å². The highest BCUT2D eigenvalue weighted by Gasteiger charge is 2.20. The van der Waals surface area contributed by atoms with Crippen molar-refractivity contribution in [3.63, 3.8) is 0 Å². The zero-order valence-electron chi connectivity index (χ0n) is 17.6. The molecule has 5 heteroatoms. The molecule has 2 unspecified atom stereocenters. The highest BCUT2D eigenvalue weighted by atomic mass is 31.2. The van der Waals surface area contributed by atoms with Crippen LogP contribution in [0.15, 0.2) is 18.2 Å². The lowest BCUT2D eigenvalue weighted by atomic mass is 9.88. The monoisotopic (exact) mass is 398 g/mol. The first-order valence-electron chi connectivity index (χ1n) is 10.7. The molecule has 0 saturated carbocycles. The number of phosphoric ester groups is 1. The van der Waals surface area contributed by atoms with Gasteiger partial charge >= 0.3 is 7.82 Å². The van der Waals surface area contributed by atoms with Crippen LogP contribution in [0, 0.1) is 11.8 Å². The van der Waals surface area contributed by atoms with Crippen molar-refractivity contribution in [2.75, 3.05) is 0 Å². The lowest BCUT2D eigenvalue weighted by Gasteiger charge is -2.20. The normalized spacial score (nSPS) is 14.1. The molecule has 0 radical (unpaired) electrons. The molecule has 156 valence electrons. The lowest BCUT2D eigenvalue weighted by Crippen LogP contribution is -2.08. The number of hydrogen-bond acceptors (Lipinski definition) is 2. The predicted octanol–water partition coefficient (Wildman–Crippen LogP) is 6.68. The molecular formula is C22H39O4P. The lowest BCUT2D eigenvalue weighted by molar-refractivity contribution is 0.281. The molecule has 1 rings (SSSR count). The van der Waals surface area contributed by atoms with Gasteiger partial charge in [-0.1, -0.05) is 91.2 Å². The molecular weight excluding hydrogens is 359 g/mol. The SMILES string of the molecule is CCCCC(CC)Cc1ccc(OP(=O)(O)O)c(CC(CC)CCCC)c1. The summed E-state index contributed by atoms with van der Waals surface area (Å²) in [5, 5.41) is 0. The average Bonchev–Trinajstić information content (AvgIpc) is 2.62. The molecule has 2 atom stereocenters. The van der Waals surface area contributed by atoms with Crippen LogP contribution in [-0.2, 0) is 17.4 Å². The summed E-state index contributed by atoms with van der Waals surface area (Å²) in [6, 6.07) is 5.84. The quantitative estimate of drug-likeness (QED) is 0.343. The van der Waals surface area contributed by atoms with Gasteiger partial charge in [0.05, 0.1) is 0 Å². The zero-order valence-corrected chi connectivity index (χ0v) is 18.5. The van der Waals surface area contributed by atoms with Crippen molar-refractivity contribution < 1.29 is 18.9 Å². The second-order valence-electron chi connectivity index (χ2n) is 7.77. The van der Waals surface area contributed by atoms with Gasteiger partial charge in [0.1, 0.15) is 5.75 Å². The van der Waals surface area contributed by atoms with Gasteiger partial charge < -0.3 is 4.52 Å². The third kappa shape index (κ3) is 9.78. The number of rotatable bonds is 14. The first-order chi connectivity index (χ1) is 12.8. The van der Waals surface area contributed by atoms with Crippen LogP contribution < -0.4 is 4.52 Å². The Balaban J connectivity index is 3.03. The van der Waals surface area contributed by atoms with Crippen molar-refractivity contribution in [2.45, 2.75) is 91.9 Å². The zero-order chi connectivity index (χ0) is 20.3. The van der Waals surface area contributed by atoms with Crippen LogP contribution in [0.2, 0.25) is 0 Å². The summed E-state index contributed by atoms with van der Waals surface area (Å²) in [5.74, 6) is 1.51. The van der Waals surface area contributed by atoms with E-state index in [0.29, 0.717) is 17.6 Å². The van der Waals surface area contributed by atoms with Gasteiger partial charge in [0.25, 0.3) is 0 Å². The van der Waals surface area contributed by atoms with E-state index in [1.807, 2.05) is 6.07 Å². The fourth-order valence-corrected chi connectivity index (χ4v) is 4.10. The Morgan fingerprint density at radius 2 is 1.48 bits per heavy atom. The van der Waals surface area contributed by atoms with Crippen molar-refractivity contribution in [1.82, 2.24) is 0 Å². The average molecular weight is 399 g/mol. The van der Waals surface area contributed by atoms with Crippen LogP contribution in [0.25, 0.3) is 0 Å². The van der Waals surface area contributed by atoms with E-state index < -0.39 is 7.82 Å². The van der Waals surface area contributed by atoms with E-state index in [1.54, 1.807) is 6.07 Å². The second kappa shape index (κ2) is 12.6. The van der Waals surface area contributed by atoms with Crippen molar-refractivity contribution in [3.8, 4) is 5.75 Å². The molecule has 27 heavy (non-hydrogen) atoms. The fraction of sp³-hybridized carbons (Fsp3) is 0.727. The van der Waals surface area contributed by atoms with E-state index in [2.05, 4.69) is 33.8 Å². The Hall–Kier alpha value is -0.830. The summed E-state index contributed by atoms with van der Waals surface area (Å²) in [4.78, 5) is 18.5. The molecule has 0 aliphatic heterocycles. The molecule has 0 aliphatic carbocycles. The second-order valence-corrected chi connectivity index (χ2v) is 8.93. The summed E-state index contributed by atoms with van der Waals surface area (Å²) in [7, 11) is -4.55. The molecule has 0 aromatic heterocycles. The molecule has 0 heterocycles. The summed E-state index contributed by atoms with van der Waals surface area (Å²) in [6.45, 7) is 8.84. The van der Waals surface area contributed by atoms with Crippen LogP contribution in [-0.4, -0.2) is 9.79 Å². The Bertz CT molecular complexity index is 582. The molecule has 1 aromatic rings. The summed E-state index contributed by atoms with van der Waals surface area (Å²) >= 11 is 0. The molecule has 0 saturated heterocycles. The number of phosphoric acid groups is 1. The first-order valence-corrected chi connectivity index (χ1v) is 12.2. The maximum atomic E-state index is 11.4. The van der Waals surface area contributed by atoms with Crippen LogP contribution in [0.5, 0.6) is 5.75 Å². The molecule has 0 bridgehead atoms. The van der Waals surface area contributed by atoms with Crippen molar-refractivity contribution >= 4 is 7.82 Å². The fourth-order valence-electron chi connectivity index (χ4n) is 3.67. The van der Waals surface area contributed by atoms with Gasteiger partial charge in [-0.2, -0.15) is 0 Å². The first kappa shape index (κ1) is 24.2. The molecule has 0 aliphatic rings. The molecule has 0 spiro atoms. The summed E-state index contributed by atoms with van der Waals surface area (Å²) < 4.78 is 16.4. The van der Waals surface area contributed by atoms with Gasteiger partial charge in [-0.3, -0.25) is 9.79 Å². The van der Waals surface area contributed by atoms with Crippen molar-refractivity contribution in [1.29, 1.82) is 0 Å². The number of unbranched alkanes of at least 4 members (excludes halogenated alkanes) is 2. The van der Waals surface area contributed by atoms with Crippen LogP contribution >= 0.6 is 7.82 Å². The Morgan fingerprint density at radius 3 is 1.96 bits per heavy atom. The van der Waals surface area contributed by atoms with E-state index in [0.717, 1.165) is 44.1 Å². The molecule has 2 N–H and O–H groups in total. The minimum Gasteiger partial charge on any atom is -0.404 e. The van der Waals surface area contributed by atoms with Gasteiger partial charge in [-0.15, -0.1) is 0 Å². The van der Waals surface area contributed by atoms with E-state index in [1.165, 1.54) is 31.2 Å². The Kier molecular flexibility index (Phi) is 11.3. The van der Waals surface area contributed by atoms with Gasteiger partial charge in [0, 0.05) is 0 Å². The third-order valence-corrected chi connectivity index (χ3v) is 5.90. The van der Waals surface area contributed by atoms with Gasteiger partial charge in [0.2, 0.25) is 0 Å². The smallest absolute Gasteiger partial charge is 0.404 e. The maximum absolute atomic E-state index is 11.4.